The fourth-order valence-electron chi connectivity index (χ4n) is 2.56. The third-order valence-electron chi connectivity index (χ3n) is 3.90. The molecular formula is C20H19NO3. The lowest BCUT2D eigenvalue weighted by Crippen LogP contribution is -2.30. The topological polar surface area (TPSA) is 42.7 Å². The standard InChI is InChI=1S/C20H19NO3/c1-15-19(12-13-24-15)20(22)21(14-16-6-4-3-5-7-16)17-8-10-18(23-2)11-9-17/h3-13H,14H2,1-2H3. The second-order valence-electron chi connectivity index (χ2n) is 5.47. The Kier molecular flexibility index (Phi) is 4.66. The van der Waals surface area contributed by atoms with Crippen LogP contribution >= 0.6 is 0 Å². The Morgan fingerprint density at radius 1 is 1.04 bits per heavy atom. The van der Waals surface area contributed by atoms with Crippen LogP contribution in [0.3, 0.4) is 0 Å². The molecule has 0 N–H and O–H groups in total. The van der Waals surface area contributed by atoms with Crippen molar-refractivity contribution in [2.45, 2.75) is 13.5 Å². The van der Waals surface area contributed by atoms with Crippen LogP contribution in [0.2, 0.25) is 0 Å². The zero-order chi connectivity index (χ0) is 16.9. The summed E-state index contributed by atoms with van der Waals surface area (Å²) in [7, 11) is 1.62. The van der Waals surface area contributed by atoms with Crippen LogP contribution < -0.4 is 9.64 Å². The summed E-state index contributed by atoms with van der Waals surface area (Å²) in [5, 5.41) is 0. The van der Waals surface area contributed by atoms with Crippen LogP contribution in [0.1, 0.15) is 21.7 Å². The number of benzene rings is 2. The molecule has 0 aliphatic rings. The van der Waals surface area contributed by atoms with Gasteiger partial charge in [0.2, 0.25) is 0 Å². The Morgan fingerprint density at radius 2 is 1.75 bits per heavy atom. The predicted molar refractivity (Wildman–Crippen MR) is 93.4 cm³/mol. The molecule has 0 fully saturated rings. The van der Waals surface area contributed by atoms with Gasteiger partial charge in [0.25, 0.3) is 5.91 Å². The quantitative estimate of drug-likeness (QED) is 0.697. The van der Waals surface area contributed by atoms with E-state index in [0.29, 0.717) is 17.9 Å². The van der Waals surface area contributed by atoms with Crippen molar-refractivity contribution in [3.8, 4) is 5.75 Å². The predicted octanol–water partition coefficient (Wildman–Crippen LogP) is 4.44. The minimum atomic E-state index is -0.0877. The van der Waals surface area contributed by atoms with Crippen LogP contribution in [-0.4, -0.2) is 13.0 Å². The summed E-state index contributed by atoms with van der Waals surface area (Å²) < 4.78 is 10.5. The molecule has 0 bridgehead atoms. The zero-order valence-corrected chi connectivity index (χ0v) is 13.7. The summed E-state index contributed by atoms with van der Waals surface area (Å²) in [5.41, 5.74) is 2.44. The van der Waals surface area contributed by atoms with Crippen LogP contribution in [-0.2, 0) is 6.54 Å². The molecule has 122 valence electrons. The fraction of sp³-hybridized carbons (Fsp3) is 0.150. The number of hydrogen-bond acceptors (Lipinski definition) is 3. The van der Waals surface area contributed by atoms with E-state index in [1.807, 2.05) is 54.6 Å². The third kappa shape index (κ3) is 3.33. The molecular weight excluding hydrogens is 302 g/mol. The molecule has 1 heterocycles. The van der Waals surface area contributed by atoms with Gasteiger partial charge < -0.3 is 14.1 Å². The first kappa shape index (κ1) is 15.9. The average Bonchev–Trinajstić information content (AvgIpc) is 3.06. The maximum Gasteiger partial charge on any atom is 0.262 e. The van der Waals surface area contributed by atoms with Crippen LogP contribution in [0.15, 0.2) is 71.3 Å². The average molecular weight is 321 g/mol. The van der Waals surface area contributed by atoms with Crippen molar-refractivity contribution in [2.75, 3.05) is 12.0 Å². The summed E-state index contributed by atoms with van der Waals surface area (Å²) in [4.78, 5) is 14.8. The highest BCUT2D eigenvalue weighted by atomic mass is 16.5. The van der Waals surface area contributed by atoms with Gasteiger partial charge in [0.15, 0.2) is 0 Å². The first-order chi connectivity index (χ1) is 11.7. The van der Waals surface area contributed by atoms with Crippen molar-refractivity contribution in [1.29, 1.82) is 0 Å². The van der Waals surface area contributed by atoms with Gasteiger partial charge in [-0.2, -0.15) is 0 Å². The number of anilines is 1. The molecule has 4 heteroatoms. The molecule has 24 heavy (non-hydrogen) atoms. The molecule has 1 aromatic heterocycles. The Balaban J connectivity index is 1.96. The van der Waals surface area contributed by atoms with E-state index in [1.165, 1.54) is 6.26 Å². The Bertz CT molecular complexity index is 806. The molecule has 3 aromatic rings. The molecule has 0 unspecified atom stereocenters. The number of aryl methyl sites for hydroxylation is 1. The number of methoxy groups -OCH3 is 1. The normalized spacial score (nSPS) is 10.4. The second-order valence-corrected chi connectivity index (χ2v) is 5.47. The lowest BCUT2D eigenvalue weighted by atomic mass is 10.1. The van der Waals surface area contributed by atoms with Gasteiger partial charge in [0.1, 0.15) is 11.5 Å². The Hall–Kier alpha value is -3.01. The SMILES string of the molecule is COc1ccc(N(Cc2ccccc2)C(=O)c2ccoc2C)cc1. The molecule has 0 saturated heterocycles. The lowest BCUT2D eigenvalue weighted by molar-refractivity contribution is 0.0983. The number of nitrogens with zero attached hydrogens (tertiary/aromatic N) is 1. The number of ether oxygens (including phenoxy) is 1. The van der Waals surface area contributed by atoms with Gasteiger partial charge in [-0.3, -0.25) is 4.79 Å². The second kappa shape index (κ2) is 7.04. The van der Waals surface area contributed by atoms with Crippen molar-refractivity contribution in [3.63, 3.8) is 0 Å². The molecule has 4 nitrogen and oxygen atoms in total. The number of carbonyl (C=O) groups is 1. The van der Waals surface area contributed by atoms with Crippen LogP contribution in [0, 0.1) is 6.92 Å². The molecule has 0 spiro atoms. The summed E-state index contributed by atoms with van der Waals surface area (Å²) >= 11 is 0. The van der Waals surface area contributed by atoms with Crippen molar-refractivity contribution in [3.05, 3.63) is 83.8 Å². The van der Waals surface area contributed by atoms with E-state index >= 15 is 0 Å². The molecule has 2 aromatic carbocycles. The fourth-order valence-corrected chi connectivity index (χ4v) is 2.56. The number of hydrogen-bond donors (Lipinski definition) is 0. The molecule has 3 rings (SSSR count). The van der Waals surface area contributed by atoms with E-state index in [1.54, 1.807) is 25.0 Å². The van der Waals surface area contributed by atoms with E-state index in [2.05, 4.69) is 0 Å². The summed E-state index contributed by atoms with van der Waals surface area (Å²) in [6.45, 7) is 2.28. The minimum absolute atomic E-state index is 0.0877. The third-order valence-corrected chi connectivity index (χ3v) is 3.90. The van der Waals surface area contributed by atoms with Crippen molar-refractivity contribution in [1.82, 2.24) is 0 Å². The highest BCUT2D eigenvalue weighted by Crippen LogP contribution is 2.24. The van der Waals surface area contributed by atoms with Gasteiger partial charge in [-0.15, -0.1) is 0 Å². The number of carbonyl (C=O) groups excluding carboxylic acids is 1. The first-order valence-electron chi connectivity index (χ1n) is 7.73. The van der Waals surface area contributed by atoms with Gasteiger partial charge in [0.05, 0.1) is 25.5 Å². The minimum Gasteiger partial charge on any atom is -0.497 e. The van der Waals surface area contributed by atoms with Crippen LogP contribution in [0.25, 0.3) is 0 Å². The van der Waals surface area contributed by atoms with Crippen LogP contribution in [0.5, 0.6) is 5.75 Å². The smallest absolute Gasteiger partial charge is 0.262 e. The first-order valence-corrected chi connectivity index (χ1v) is 7.73. The molecule has 0 saturated carbocycles. The maximum atomic E-state index is 13.0. The molecule has 0 radical (unpaired) electrons. The lowest BCUT2D eigenvalue weighted by Gasteiger charge is -2.23. The number of amides is 1. The summed E-state index contributed by atoms with van der Waals surface area (Å²) in [6, 6.07) is 19.1. The maximum absolute atomic E-state index is 13.0. The van der Waals surface area contributed by atoms with Crippen molar-refractivity contribution in [2.24, 2.45) is 0 Å². The molecule has 0 aliphatic heterocycles. The molecule has 0 atom stereocenters. The zero-order valence-electron chi connectivity index (χ0n) is 13.7. The van der Waals surface area contributed by atoms with Gasteiger partial charge in [-0.05, 0) is 42.8 Å². The number of furan rings is 1. The van der Waals surface area contributed by atoms with Gasteiger partial charge >= 0.3 is 0 Å². The molecule has 1 amide bonds. The largest absolute Gasteiger partial charge is 0.497 e. The molecule has 0 aliphatic carbocycles. The summed E-state index contributed by atoms with van der Waals surface area (Å²) in [6.07, 6.45) is 1.54. The van der Waals surface area contributed by atoms with Gasteiger partial charge in [-0.1, -0.05) is 30.3 Å². The van der Waals surface area contributed by atoms with E-state index in [0.717, 1.165) is 17.0 Å². The monoisotopic (exact) mass is 321 g/mol. The van der Waals surface area contributed by atoms with Crippen molar-refractivity contribution < 1.29 is 13.9 Å². The van der Waals surface area contributed by atoms with E-state index in [-0.39, 0.29) is 5.91 Å². The highest BCUT2D eigenvalue weighted by molar-refractivity contribution is 6.06. The number of rotatable bonds is 5. The van der Waals surface area contributed by atoms with E-state index in [4.69, 9.17) is 9.15 Å². The van der Waals surface area contributed by atoms with Gasteiger partial charge in [-0.25, -0.2) is 0 Å². The summed E-state index contributed by atoms with van der Waals surface area (Å²) in [5.74, 6) is 1.28. The van der Waals surface area contributed by atoms with E-state index in [9.17, 15) is 4.79 Å². The van der Waals surface area contributed by atoms with Crippen molar-refractivity contribution >= 4 is 11.6 Å². The van der Waals surface area contributed by atoms with E-state index < -0.39 is 0 Å². The van der Waals surface area contributed by atoms with Gasteiger partial charge in [0, 0.05) is 5.69 Å². The van der Waals surface area contributed by atoms with Crippen LogP contribution in [0.4, 0.5) is 5.69 Å². The highest BCUT2D eigenvalue weighted by Gasteiger charge is 2.21. The Morgan fingerprint density at radius 3 is 2.33 bits per heavy atom. The Labute approximate surface area is 141 Å².